The molecule has 8 heteroatoms. The zero-order valence-corrected chi connectivity index (χ0v) is 17.8. The first kappa shape index (κ1) is 22.2. The number of carbonyl (C=O) groups excluding carboxylic acids is 2. The highest BCUT2D eigenvalue weighted by Gasteiger charge is 2.21. The molecular weight excluding hydrogens is 400 g/mol. The Bertz CT molecular complexity index is 967. The summed E-state index contributed by atoms with van der Waals surface area (Å²) in [5.41, 5.74) is 1.54. The first-order valence-electron chi connectivity index (χ1n) is 9.83. The average molecular weight is 426 g/mol. The molecule has 1 aliphatic heterocycles. The van der Waals surface area contributed by atoms with Gasteiger partial charge in [0.05, 0.1) is 45.8 Å². The molecule has 1 heterocycles. The largest absolute Gasteiger partial charge is 0.493 e. The van der Waals surface area contributed by atoms with Crippen LogP contribution in [0.25, 0.3) is 6.08 Å². The van der Waals surface area contributed by atoms with Gasteiger partial charge in [0.1, 0.15) is 0 Å². The summed E-state index contributed by atoms with van der Waals surface area (Å²) in [6.07, 6.45) is 2.99. The maximum atomic E-state index is 12.9. The lowest BCUT2D eigenvalue weighted by Crippen LogP contribution is -2.41. The van der Waals surface area contributed by atoms with Crippen molar-refractivity contribution in [1.29, 1.82) is 0 Å². The molecule has 0 aliphatic carbocycles. The zero-order valence-electron chi connectivity index (χ0n) is 17.8. The second-order valence-corrected chi connectivity index (χ2v) is 6.70. The molecule has 1 saturated heterocycles. The van der Waals surface area contributed by atoms with Crippen LogP contribution in [0, 0.1) is 0 Å². The third-order valence-corrected chi connectivity index (χ3v) is 4.86. The second kappa shape index (κ2) is 10.5. The van der Waals surface area contributed by atoms with Crippen LogP contribution in [0.5, 0.6) is 17.2 Å². The van der Waals surface area contributed by atoms with Crippen molar-refractivity contribution < 1.29 is 28.5 Å². The summed E-state index contributed by atoms with van der Waals surface area (Å²) in [5, 5.41) is 2.79. The number of hydrogen-bond donors (Lipinski definition) is 1. The molecule has 3 rings (SSSR count). The van der Waals surface area contributed by atoms with E-state index in [-0.39, 0.29) is 11.8 Å². The van der Waals surface area contributed by atoms with E-state index in [1.165, 1.54) is 27.4 Å². The van der Waals surface area contributed by atoms with Crippen molar-refractivity contribution in [3.05, 3.63) is 53.6 Å². The lowest BCUT2D eigenvalue weighted by atomic mass is 10.1. The van der Waals surface area contributed by atoms with Crippen molar-refractivity contribution in [1.82, 2.24) is 4.90 Å². The molecule has 0 bridgehead atoms. The maximum Gasteiger partial charge on any atom is 0.256 e. The molecule has 31 heavy (non-hydrogen) atoms. The number of nitrogens with zero attached hydrogens (tertiary/aromatic N) is 1. The number of methoxy groups -OCH3 is 3. The predicted molar refractivity (Wildman–Crippen MR) is 117 cm³/mol. The van der Waals surface area contributed by atoms with Crippen molar-refractivity contribution in [3.8, 4) is 17.2 Å². The van der Waals surface area contributed by atoms with Crippen molar-refractivity contribution in [2.45, 2.75) is 0 Å². The van der Waals surface area contributed by atoms with Crippen LogP contribution in [0.15, 0.2) is 42.5 Å². The molecule has 164 valence electrons. The van der Waals surface area contributed by atoms with Gasteiger partial charge in [0.15, 0.2) is 11.5 Å². The predicted octanol–water partition coefficient (Wildman–Crippen LogP) is 2.84. The minimum absolute atomic E-state index is 0.135. The molecular formula is C23H26N2O6. The summed E-state index contributed by atoms with van der Waals surface area (Å²) in [6, 6.07) is 10.4. The van der Waals surface area contributed by atoms with Crippen molar-refractivity contribution >= 4 is 23.6 Å². The van der Waals surface area contributed by atoms with Crippen LogP contribution in [0.2, 0.25) is 0 Å². The Kier molecular flexibility index (Phi) is 7.50. The highest BCUT2D eigenvalue weighted by Crippen LogP contribution is 2.40. The van der Waals surface area contributed by atoms with Crippen LogP contribution in [0.4, 0.5) is 5.69 Å². The monoisotopic (exact) mass is 426 g/mol. The number of carbonyl (C=O) groups is 2. The summed E-state index contributed by atoms with van der Waals surface area (Å²) in [5.74, 6) is 0.906. The Hall–Kier alpha value is -3.52. The van der Waals surface area contributed by atoms with E-state index >= 15 is 0 Å². The number of benzene rings is 2. The van der Waals surface area contributed by atoms with Gasteiger partial charge in [-0.3, -0.25) is 9.59 Å². The Morgan fingerprint density at radius 3 is 2.35 bits per heavy atom. The number of nitrogens with one attached hydrogen (secondary N) is 1. The van der Waals surface area contributed by atoms with Gasteiger partial charge in [-0.15, -0.1) is 0 Å². The third kappa shape index (κ3) is 5.16. The minimum Gasteiger partial charge on any atom is -0.493 e. The number of hydrogen-bond acceptors (Lipinski definition) is 6. The number of rotatable bonds is 7. The van der Waals surface area contributed by atoms with Gasteiger partial charge in [-0.2, -0.15) is 0 Å². The topological polar surface area (TPSA) is 86.3 Å². The molecule has 1 fully saturated rings. The molecule has 8 nitrogen and oxygen atoms in total. The molecule has 0 unspecified atom stereocenters. The first-order chi connectivity index (χ1) is 15.1. The third-order valence-electron chi connectivity index (χ3n) is 4.86. The van der Waals surface area contributed by atoms with Crippen molar-refractivity contribution in [2.24, 2.45) is 0 Å². The standard InChI is InChI=1S/C23H26N2O6/c1-28-19-10-8-16(21(29-2)22(19)30-3)9-11-20(26)24-18-7-5-4-6-17(18)23(27)25-12-14-31-15-13-25/h4-11H,12-15H2,1-3H3,(H,24,26). The molecule has 2 aromatic rings. The summed E-state index contributed by atoms with van der Waals surface area (Å²) >= 11 is 0. The maximum absolute atomic E-state index is 12.9. The molecule has 2 amide bonds. The van der Waals surface area contributed by atoms with E-state index in [1.54, 1.807) is 47.4 Å². The molecule has 0 spiro atoms. The Morgan fingerprint density at radius 2 is 1.68 bits per heavy atom. The van der Waals surface area contributed by atoms with E-state index in [2.05, 4.69) is 5.32 Å². The zero-order chi connectivity index (χ0) is 22.2. The van der Waals surface area contributed by atoms with E-state index in [1.807, 2.05) is 0 Å². The van der Waals surface area contributed by atoms with E-state index in [9.17, 15) is 9.59 Å². The number of para-hydroxylation sites is 1. The van der Waals surface area contributed by atoms with Crippen molar-refractivity contribution in [2.75, 3.05) is 52.9 Å². The Morgan fingerprint density at radius 1 is 0.968 bits per heavy atom. The number of morpholine rings is 1. The van der Waals surface area contributed by atoms with Crippen molar-refractivity contribution in [3.63, 3.8) is 0 Å². The number of ether oxygens (including phenoxy) is 4. The van der Waals surface area contributed by atoms with Crippen LogP contribution in [-0.2, 0) is 9.53 Å². The van der Waals surface area contributed by atoms with Crippen LogP contribution in [0.3, 0.4) is 0 Å². The van der Waals surface area contributed by atoms with Gasteiger partial charge < -0.3 is 29.2 Å². The molecule has 0 aromatic heterocycles. The molecule has 2 aromatic carbocycles. The number of amides is 2. The molecule has 0 radical (unpaired) electrons. The average Bonchev–Trinajstić information content (AvgIpc) is 2.82. The lowest BCUT2D eigenvalue weighted by Gasteiger charge is -2.27. The van der Waals surface area contributed by atoms with Gasteiger partial charge in [-0.1, -0.05) is 12.1 Å². The van der Waals surface area contributed by atoms with Gasteiger partial charge in [-0.25, -0.2) is 0 Å². The fraction of sp³-hybridized carbons (Fsp3) is 0.304. The normalized spacial score (nSPS) is 13.7. The van der Waals surface area contributed by atoms with Crippen LogP contribution in [0.1, 0.15) is 15.9 Å². The molecule has 0 saturated carbocycles. The van der Waals surface area contributed by atoms with E-state index in [0.29, 0.717) is 60.4 Å². The van der Waals surface area contributed by atoms with Gasteiger partial charge in [0, 0.05) is 24.7 Å². The van der Waals surface area contributed by atoms with Gasteiger partial charge >= 0.3 is 0 Å². The van der Waals surface area contributed by atoms with Crippen LogP contribution in [-0.4, -0.2) is 64.3 Å². The van der Waals surface area contributed by atoms with Gasteiger partial charge in [0.2, 0.25) is 11.7 Å². The van der Waals surface area contributed by atoms with Crippen LogP contribution < -0.4 is 19.5 Å². The highest BCUT2D eigenvalue weighted by atomic mass is 16.5. The number of anilines is 1. The minimum atomic E-state index is -0.376. The van der Waals surface area contributed by atoms with Gasteiger partial charge in [0.25, 0.3) is 5.91 Å². The quantitative estimate of drug-likeness (QED) is 0.686. The van der Waals surface area contributed by atoms with E-state index < -0.39 is 0 Å². The molecule has 1 N–H and O–H groups in total. The smallest absolute Gasteiger partial charge is 0.256 e. The Balaban J connectivity index is 1.77. The Labute approximate surface area is 181 Å². The summed E-state index contributed by atoms with van der Waals surface area (Å²) in [7, 11) is 4.57. The summed E-state index contributed by atoms with van der Waals surface area (Å²) in [6.45, 7) is 2.08. The fourth-order valence-corrected chi connectivity index (χ4v) is 3.31. The highest BCUT2D eigenvalue weighted by molar-refractivity contribution is 6.07. The summed E-state index contributed by atoms with van der Waals surface area (Å²) < 4.78 is 21.4. The van der Waals surface area contributed by atoms with Crippen LogP contribution >= 0.6 is 0 Å². The SMILES string of the molecule is COc1ccc(C=CC(=O)Nc2ccccc2C(=O)N2CCOCC2)c(OC)c1OC. The summed E-state index contributed by atoms with van der Waals surface area (Å²) in [4.78, 5) is 27.2. The second-order valence-electron chi connectivity index (χ2n) is 6.70. The first-order valence-corrected chi connectivity index (χ1v) is 9.83. The fourth-order valence-electron chi connectivity index (χ4n) is 3.31. The van der Waals surface area contributed by atoms with E-state index in [4.69, 9.17) is 18.9 Å². The lowest BCUT2D eigenvalue weighted by molar-refractivity contribution is -0.111. The van der Waals surface area contributed by atoms with Gasteiger partial charge in [-0.05, 0) is 30.3 Å². The molecule has 1 aliphatic rings. The molecule has 0 atom stereocenters. The van der Waals surface area contributed by atoms with E-state index in [0.717, 1.165) is 0 Å².